The van der Waals surface area contributed by atoms with Crippen molar-refractivity contribution >= 4 is 11.7 Å². The van der Waals surface area contributed by atoms with E-state index >= 15 is 0 Å². The average molecular weight is 367 g/mol. The summed E-state index contributed by atoms with van der Waals surface area (Å²) < 4.78 is 0. The maximum Gasteiger partial charge on any atom is 0.256 e. The summed E-state index contributed by atoms with van der Waals surface area (Å²) in [5.41, 5.74) is 2.72. The lowest BCUT2D eigenvalue weighted by Gasteiger charge is -2.35. The van der Waals surface area contributed by atoms with Crippen LogP contribution in [-0.4, -0.2) is 35.0 Å². The van der Waals surface area contributed by atoms with Crippen LogP contribution in [0.1, 0.15) is 56.0 Å². The van der Waals surface area contributed by atoms with Crippen LogP contribution in [0.25, 0.3) is 11.4 Å². The van der Waals surface area contributed by atoms with Crippen molar-refractivity contribution in [3.05, 3.63) is 41.6 Å². The van der Waals surface area contributed by atoms with Gasteiger partial charge in [0, 0.05) is 30.9 Å². The number of carbonyl (C=O) groups is 1. The molecule has 3 rings (SSSR count). The highest BCUT2D eigenvalue weighted by molar-refractivity contribution is 5.99. The highest BCUT2D eigenvalue weighted by Gasteiger charge is 2.26. The Hall–Kier alpha value is -2.43. The number of benzene rings is 1. The number of aromatic nitrogens is 2. The van der Waals surface area contributed by atoms with Gasteiger partial charge in [-0.1, -0.05) is 37.6 Å². The Morgan fingerprint density at radius 2 is 2.15 bits per heavy atom. The Morgan fingerprint density at radius 3 is 2.85 bits per heavy atom. The van der Waals surface area contributed by atoms with Crippen molar-refractivity contribution in [1.82, 2.24) is 15.3 Å². The number of carbonyl (C=O) groups excluding carboxylic acids is 1. The van der Waals surface area contributed by atoms with Gasteiger partial charge in [0.15, 0.2) is 5.82 Å². The SMILES string of the molecule is Cc1cccc(-c2ncc(C(=O)NCC(C)C)c(N3CCCCC3C)n2)c1. The van der Waals surface area contributed by atoms with Crippen LogP contribution in [0.3, 0.4) is 0 Å². The number of hydrogen-bond acceptors (Lipinski definition) is 4. The monoisotopic (exact) mass is 366 g/mol. The van der Waals surface area contributed by atoms with E-state index in [9.17, 15) is 4.79 Å². The summed E-state index contributed by atoms with van der Waals surface area (Å²) >= 11 is 0. The van der Waals surface area contributed by atoms with Gasteiger partial charge in [-0.25, -0.2) is 9.97 Å². The highest BCUT2D eigenvalue weighted by Crippen LogP contribution is 2.28. The van der Waals surface area contributed by atoms with E-state index in [1.807, 2.05) is 12.1 Å². The first kappa shape index (κ1) is 19.3. The molecular weight excluding hydrogens is 336 g/mol. The molecule has 1 aliphatic heterocycles. The summed E-state index contributed by atoms with van der Waals surface area (Å²) in [6.07, 6.45) is 5.16. The Bertz CT molecular complexity index is 803. The summed E-state index contributed by atoms with van der Waals surface area (Å²) in [5.74, 6) is 1.74. The van der Waals surface area contributed by atoms with Gasteiger partial charge in [-0.15, -0.1) is 0 Å². The molecule has 1 aromatic carbocycles. The van der Waals surface area contributed by atoms with Crippen molar-refractivity contribution in [2.75, 3.05) is 18.0 Å². The first-order valence-electron chi connectivity index (χ1n) is 9.94. The second kappa shape index (κ2) is 8.51. The fourth-order valence-electron chi connectivity index (χ4n) is 3.48. The van der Waals surface area contributed by atoms with Crippen molar-refractivity contribution < 1.29 is 4.79 Å². The van der Waals surface area contributed by atoms with Gasteiger partial charge < -0.3 is 10.2 Å². The molecule has 1 atom stereocenters. The quantitative estimate of drug-likeness (QED) is 0.861. The number of anilines is 1. The van der Waals surface area contributed by atoms with Crippen LogP contribution >= 0.6 is 0 Å². The van der Waals surface area contributed by atoms with Crippen LogP contribution in [0.4, 0.5) is 5.82 Å². The minimum absolute atomic E-state index is 0.0905. The fraction of sp³-hybridized carbons (Fsp3) is 0.500. The maximum absolute atomic E-state index is 12.8. The molecule has 144 valence electrons. The van der Waals surface area contributed by atoms with Gasteiger partial charge in [0.05, 0.1) is 0 Å². The molecule has 1 amide bonds. The number of hydrogen-bond donors (Lipinski definition) is 1. The number of rotatable bonds is 5. The minimum Gasteiger partial charge on any atom is -0.353 e. The molecule has 5 nitrogen and oxygen atoms in total. The van der Waals surface area contributed by atoms with E-state index in [0.29, 0.717) is 29.9 Å². The maximum atomic E-state index is 12.8. The molecule has 5 heteroatoms. The molecule has 1 N–H and O–H groups in total. The van der Waals surface area contributed by atoms with Crippen LogP contribution in [-0.2, 0) is 0 Å². The van der Waals surface area contributed by atoms with Crippen LogP contribution in [0.2, 0.25) is 0 Å². The number of nitrogens with zero attached hydrogens (tertiary/aromatic N) is 3. The minimum atomic E-state index is -0.0905. The van der Waals surface area contributed by atoms with Crippen LogP contribution in [0.15, 0.2) is 30.5 Å². The van der Waals surface area contributed by atoms with Crippen molar-refractivity contribution in [3.8, 4) is 11.4 Å². The lowest BCUT2D eigenvalue weighted by atomic mass is 10.0. The van der Waals surface area contributed by atoms with Gasteiger partial charge >= 0.3 is 0 Å². The highest BCUT2D eigenvalue weighted by atomic mass is 16.1. The van der Waals surface area contributed by atoms with E-state index in [4.69, 9.17) is 4.98 Å². The van der Waals surface area contributed by atoms with E-state index in [1.54, 1.807) is 6.20 Å². The third kappa shape index (κ3) is 4.65. The summed E-state index contributed by atoms with van der Waals surface area (Å²) in [5, 5.41) is 3.02. The zero-order valence-corrected chi connectivity index (χ0v) is 16.8. The van der Waals surface area contributed by atoms with Crippen molar-refractivity contribution in [3.63, 3.8) is 0 Å². The Labute approximate surface area is 162 Å². The third-order valence-electron chi connectivity index (χ3n) is 5.04. The predicted octanol–water partition coefficient (Wildman–Crippen LogP) is 4.22. The molecule has 1 saturated heterocycles. The van der Waals surface area contributed by atoms with Crippen LogP contribution in [0, 0.1) is 12.8 Å². The van der Waals surface area contributed by atoms with Crippen molar-refractivity contribution in [2.24, 2.45) is 5.92 Å². The van der Waals surface area contributed by atoms with Crippen molar-refractivity contribution in [2.45, 2.75) is 53.0 Å². The smallest absolute Gasteiger partial charge is 0.256 e. The van der Waals surface area contributed by atoms with E-state index in [-0.39, 0.29) is 5.91 Å². The molecule has 1 aromatic heterocycles. The topological polar surface area (TPSA) is 58.1 Å². The first-order chi connectivity index (χ1) is 13.0. The normalized spacial score (nSPS) is 17.2. The van der Waals surface area contributed by atoms with E-state index < -0.39 is 0 Å². The second-order valence-corrected chi connectivity index (χ2v) is 7.94. The van der Waals surface area contributed by atoms with Crippen LogP contribution < -0.4 is 10.2 Å². The molecule has 27 heavy (non-hydrogen) atoms. The largest absolute Gasteiger partial charge is 0.353 e. The Kier molecular flexibility index (Phi) is 6.09. The number of aryl methyl sites for hydroxylation is 1. The summed E-state index contributed by atoms with van der Waals surface area (Å²) in [7, 11) is 0. The molecule has 2 aromatic rings. The number of piperidine rings is 1. The lowest BCUT2D eigenvalue weighted by molar-refractivity contribution is 0.0948. The number of nitrogens with one attached hydrogen (secondary N) is 1. The first-order valence-corrected chi connectivity index (χ1v) is 9.94. The van der Waals surface area contributed by atoms with Crippen LogP contribution in [0.5, 0.6) is 0 Å². The molecule has 1 unspecified atom stereocenters. The molecule has 0 aliphatic carbocycles. The van der Waals surface area contributed by atoms with Gasteiger partial charge in [-0.3, -0.25) is 4.79 Å². The third-order valence-corrected chi connectivity index (χ3v) is 5.04. The summed E-state index contributed by atoms with van der Waals surface area (Å²) in [6, 6.07) is 8.54. The standard InChI is InChI=1S/C22H30N4O/c1-15(2)13-24-22(27)19-14-23-20(18-10-7-8-16(3)12-18)25-21(19)26-11-6-5-9-17(26)4/h7-8,10,12,14-15,17H,5-6,9,11,13H2,1-4H3,(H,24,27). The molecule has 1 fully saturated rings. The van der Waals surface area contributed by atoms with Gasteiger partial charge in [0.2, 0.25) is 0 Å². The summed E-state index contributed by atoms with van der Waals surface area (Å²) in [4.78, 5) is 24.5. The van der Waals surface area contributed by atoms with Gasteiger partial charge in [-0.2, -0.15) is 0 Å². The van der Waals surface area contributed by atoms with Crippen molar-refractivity contribution in [1.29, 1.82) is 0 Å². The molecule has 0 bridgehead atoms. The van der Waals surface area contributed by atoms with Gasteiger partial charge in [0.25, 0.3) is 5.91 Å². The fourth-order valence-corrected chi connectivity index (χ4v) is 3.48. The Morgan fingerprint density at radius 1 is 1.33 bits per heavy atom. The molecule has 0 spiro atoms. The lowest BCUT2D eigenvalue weighted by Crippen LogP contribution is -2.40. The second-order valence-electron chi connectivity index (χ2n) is 7.94. The van der Waals surface area contributed by atoms with E-state index in [1.165, 1.54) is 12.0 Å². The zero-order valence-electron chi connectivity index (χ0n) is 16.8. The number of amides is 1. The average Bonchev–Trinajstić information content (AvgIpc) is 2.66. The molecule has 1 aliphatic rings. The Balaban J connectivity index is 2.00. The molecular formula is C22H30N4O. The van der Waals surface area contributed by atoms with Gasteiger partial charge in [-0.05, 0) is 45.1 Å². The molecule has 0 saturated carbocycles. The predicted molar refractivity (Wildman–Crippen MR) is 110 cm³/mol. The zero-order chi connectivity index (χ0) is 19.4. The molecule has 2 heterocycles. The van der Waals surface area contributed by atoms with Gasteiger partial charge in [0.1, 0.15) is 11.4 Å². The molecule has 0 radical (unpaired) electrons. The van der Waals surface area contributed by atoms with E-state index in [0.717, 1.165) is 30.8 Å². The van der Waals surface area contributed by atoms with E-state index in [2.05, 4.69) is 55.0 Å². The summed E-state index contributed by atoms with van der Waals surface area (Å²) in [6.45, 7) is 10.0.